The fraction of sp³-hybridized carbons (Fsp3) is 0.263. The Labute approximate surface area is 160 Å². The first kappa shape index (κ1) is 19.2. The van der Waals surface area contributed by atoms with Gasteiger partial charge in [0.15, 0.2) is 11.5 Å². The van der Waals surface area contributed by atoms with Crippen LogP contribution in [-0.4, -0.2) is 53.2 Å². The Morgan fingerprint density at radius 3 is 2.59 bits per heavy atom. The third kappa shape index (κ3) is 3.90. The van der Waals surface area contributed by atoms with E-state index in [1.807, 2.05) is 0 Å². The molecular formula is C19H18ClNO6. The highest BCUT2D eigenvalue weighted by atomic mass is 35.5. The maximum Gasteiger partial charge on any atom is 0.290 e. The summed E-state index contributed by atoms with van der Waals surface area (Å²) in [6, 6.07) is 8.90. The molecule has 1 aromatic carbocycles. The summed E-state index contributed by atoms with van der Waals surface area (Å²) in [6.45, 7) is 0.266. The lowest BCUT2D eigenvalue weighted by Crippen LogP contribution is -2.34. The number of carbonyl (C=O) groups is 2. The number of benzene rings is 1. The molecule has 0 saturated carbocycles. The molecule has 1 aromatic heterocycles. The molecule has 142 valence electrons. The molecule has 2 aromatic rings. The van der Waals surface area contributed by atoms with Crippen molar-refractivity contribution in [2.24, 2.45) is 0 Å². The Morgan fingerprint density at radius 2 is 1.96 bits per heavy atom. The lowest BCUT2D eigenvalue weighted by Gasteiger charge is -2.26. The lowest BCUT2D eigenvalue weighted by atomic mass is 9.95. The summed E-state index contributed by atoms with van der Waals surface area (Å²) < 4.78 is 10.4. The number of carbonyl (C=O) groups excluding carboxylic acids is 2. The maximum atomic E-state index is 12.9. The van der Waals surface area contributed by atoms with E-state index in [-0.39, 0.29) is 37.7 Å². The number of halogens is 1. The van der Waals surface area contributed by atoms with Crippen LogP contribution in [0.3, 0.4) is 0 Å². The van der Waals surface area contributed by atoms with Gasteiger partial charge < -0.3 is 24.3 Å². The number of rotatable bonds is 8. The first-order valence-corrected chi connectivity index (χ1v) is 8.68. The summed E-state index contributed by atoms with van der Waals surface area (Å²) in [5.41, 5.74) is 0.563. The molecule has 1 aliphatic heterocycles. The zero-order valence-electron chi connectivity index (χ0n) is 14.3. The van der Waals surface area contributed by atoms with Crippen LogP contribution in [0.5, 0.6) is 0 Å². The van der Waals surface area contributed by atoms with Gasteiger partial charge in [0.05, 0.1) is 37.7 Å². The lowest BCUT2D eigenvalue weighted by molar-refractivity contribution is -0.130. The predicted molar refractivity (Wildman–Crippen MR) is 96.5 cm³/mol. The number of hydrogen-bond acceptors (Lipinski definition) is 6. The monoisotopic (exact) mass is 391 g/mol. The molecule has 3 rings (SSSR count). The van der Waals surface area contributed by atoms with Crippen LogP contribution in [0, 0.1) is 0 Å². The highest BCUT2D eigenvalue weighted by Gasteiger charge is 2.44. The van der Waals surface area contributed by atoms with E-state index in [1.165, 1.54) is 17.2 Å². The quantitative estimate of drug-likeness (QED) is 0.529. The van der Waals surface area contributed by atoms with E-state index in [0.29, 0.717) is 10.6 Å². The zero-order chi connectivity index (χ0) is 19.4. The highest BCUT2D eigenvalue weighted by Crippen LogP contribution is 2.39. The number of ketones is 1. The third-order valence-corrected chi connectivity index (χ3v) is 4.44. The van der Waals surface area contributed by atoms with E-state index in [0.717, 1.165) is 0 Å². The number of hydrogen-bond donors (Lipinski definition) is 2. The van der Waals surface area contributed by atoms with E-state index in [2.05, 4.69) is 0 Å². The molecule has 0 bridgehead atoms. The molecule has 1 aliphatic rings. The van der Waals surface area contributed by atoms with Crippen molar-refractivity contribution in [2.75, 3.05) is 26.4 Å². The van der Waals surface area contributed by atoms with Gasteiger partial charge in [0.25, 0.3) is 5.91 Å². The van der Waals surface area contributed by atoms with Crippen LogP contribution in [0.25, 0.3) is 0 Å². The fourth-order valence-electron chi connectivity index (χ4n) is 2.98. The second kappa shape index (κ2) is 8.39. The standard InChI is InChI=1S/C19H18ClNO6/c20-13-5-3-12(4-6-13)16-15(17(23)14-2-1-9-27-14)18(24)19(25)21(16)7-10-26-11-8-22/h1-6,9,16,22,24H,7-8,10-11H2/t16-/m1/s1. The van der Waals surface area contributed by atoms with Gasteiger partial charge in [-0.2, -0.15) is 0 Å². The van der Waals surface area contributed by atoms with Crippen molar-refractivity contribution in [2.45, 2.75) is 6.04 Å². The van der Waals surface area contributed by atoms with Crippen LogP contribution in [0.15, 0.2) is 58.4 Å². The first-order chi connectivity index (χ1) is 13.0. The molecule has 0 fully saturated rings. The second-order valence-electron chi connectivity index (χ2n) is 5.86. The minimum atomic E-state index is -0.801. The van der Waals surface area contributed by atoms with Crippen molar-refractivity contribution < 1.29 is 29.0 Å². The maximum absolute atomic E-state index is 12.9. The largest absolute Gasteiger partial charge is 0.503 e. The summed E-state index contributed by atoms with van der Waals surface area (Å²) in [5, 5.41) is 19.7. The van der Waals surface area contributed by atoms with Crippen LogP contribution in [0.1, 0.15) is 22.2 Å². The number of aliphatic hydroxyl groups excluding tert-OH is 2. The van der Waals surface area contributed by atoms with Gasteiger partial charge >= 0.3 is 0 Å². The molecule has 2 heterocycles. The van der Waals surface area contributed by atoms with Gasteiger partial charge in [-0.15, -0.1) is 0 Å². The van der Waals surface area contributed by atoms with E-state index in [9.17, 15) is 14.7 Å². The minimum Gasteiger partial charge on any atom is -0.503 e. The van der Waals surface area contributed by atoms with Gasteiger partial charge in [-0.1, -0.05) is 23.7 Å². The van der Waals surface area contributed by atoms with E-state index in [1.54, 1.807) is 30.3 Å². The molecule has 0 saturated heterocycles. The Morgan fingerprint density at radius 1 is 1.22 bits per heavy atom. The Balaban J connectivity index is 1.96. The highest BCUT2D eigenvalue weighted by molar-refractivity contribution is 6.30. The van der Waals surface area contributed by atoms with Gasteiger partial charge in [-0.25, -0.2) is 0 Å². The van der Waals surface area contributed by atoms with Crippen LogP contribution < -0.4 is 0 Å². The van der Waals surface area contributed by atoms with E-state index < -0.39 is 23.5 Å². The zero-order valence-corrected chi connectivity index (χ0v) is 15.1. The van der Waals surface area contributed by atoms with Gasteiger partial charge in [-0.3, -0.25) is 9.59 Å². The Kier molecular flexibility index (Phi) is 5.95. The van der Waals surface area contributed by atoms with E-state index in [4.69, 9.17) is 25.9 Å². The molecule has 0 unspecified atom stereocenters. The average Bonchev–Trinajstić information content (AvgIpc) is 3.28. The number of amides is 1. The molecule has 1 atom stereocenters. The van der Waals surface area contributed by atoms with E-state index >= 15 is 0 Å². The normalized spacial score (nSPS) is 17.0. The van der Waals surface area contributed by atoms with Crippen molar-refractivity contribution in [1.82, 2.24) is 4.90 Å². The summed E-state index contributed by atoms with van der Waals surface area (Å²) in [5.74, 6) is -1.82. The van der Waals surface area contributed by atoms with Crippen molar-refractivity contribution in [3.05, 3.63) is 70.3 Å². The molecule has 27 heavy (non-hydrogen) atoms. The van der Waals surface area contributed by atoms with Gasteiger partial charge in [0.2, 0.25) is 5.78 Å². The molecule has 8 heteroatoms. The van der Waals surface area contributed by atoms with Crippen molar-refractivity contribution >= 4 is 23.3 Å². The number of furan rings is 1. The fourth-order valence-corrected chi connectivity index (χ4v) is 3.10. The molecule has 0 radical (unpaired) electrons. The average molecular weight is 392 g/mol. The predicted octanol–water partition coefficient (Wildman–Crippen LogP) is 2.52. The number of Topliss-reactive ketones (excluding diaryl/α,β-unsaturated/α-hetero) is 1. The summed E-state index contributed by atoms with van der Waals surface area (Å²) in [7, 11) is 0. The molecule has 1 amide bonds. The van der Waals surface area contributed by atoms with Crippen LogP contribution in [-0.2, 0) is 9.53 Å². The summed E-state index contributed by atoms with van der Waals surface area (Å²) >= 11 is 5.94. The second-order valence-corrected chi connectivity index (χ2v) is 6.29. The number of ether oxygens (including phenoxy) is 1. The van der Waals surface area contributed by atoms with Crippen LogP contribution >= 0.6 is 11.6 Å². The van der Waals surface area contributed by atoms with Crippen LogP contribution in [0.4, 0.5) is 0 Å². The molecule has 0 spiro atoms. The van der Waals surface area contributed by atoms with Crippen molar-refractivity contribution in [3.63, 3.8) is 0 Å². The number of aliphatic hydroxyl groups is 2. The SMILES string of the molecule is O=C(C1=C(O)C(=O)N(CCOCCO)[C@@H]1c1ccc(Cl)cc1)c1ccco1. The topological polar surface area (TPSA) is 100 Å². The van der Waals surface area contributed by atoms with Gasteiger partial charge in [-0.05, 0) is 29.8 Å². The smallest absolute Gasteiger partial charge is 0.290 e. The Hall–Kier alpha value is -2.61. The summed E-state index contributed by atoms with van der Waals surface area (Å²) in [4.78, 5) is 26.8. The molecule has 2 N–H and O–H groups in total. The van der Waals surface area contributed by atoms with Crippen molar-refractivity contribution in [3.8, 4) is 0 Å². The third-order valence-electron chi connectivity index (χ3n) is 4.19. The Bertz CT molecular complexity index is 844. The van der Waals surface area contributed by atoms with Crippen molar-refractivity contribution in [1.29, 1.82) is 0 Å². The molecule has 0 aliphatic carbocycles. The van der Waals surface area contributed by atoms with Gasteiger partial charge in [0, 0.05) is 11.6 Å². The summed E-state index contributed by atoms with van der Waals surface area (Å²) in [6.07, 6.45) is 1.35. The number of nitrogens with zero attached hydrogens (tertiary/aromatic N) is 1. The first-order valence-electron chi connectivity index (χ1n) is 8.31. The van der Waals surface area contributed by atoms with Crippen LogP contribution in [0.2, 0.25) is 5.02 Å². The minimum absolute atomic E-state index is 0.0293. The molecule has 7 nitrogen and oxygen atoms in total. The van der Waals surface area contributed by atoms with Gasteiger partial charge in [0.1, 0.15) is 0 Å². The molecular weight excluding hydrogens is 374 g/mol.